The molecule has 0 spiro atoms. The van der Waals surface area contributed by atoms with Crippen molar-refractivity contribution in [2.45, 2.75) is 71.1 Å². The van der Waals surface area contributed by atoms with Gasteiger partial charge in [-0.15, -0.1) is 0 Å². The van der Waals surface area contributed by atoms with Gasteiger partial charge in [0.1, 0.15) is 6.04 Å². The lowest BCUT2D eigenvalue weighted by Crippen LogP contribution is -2.58. The number of aromatic nitrogens is 1. The number of carbonyl (C=O) groups excluding carboxylic acids is 2. The quantitative estimate of drug-likeness (QED) is 0.750. The molecule has 0 bridgehead atoms. The van der Waals surface area contributed by atoms with Crippen LogP contribution in [0.3, 0.4) is 0 Å². The molecule has 1 saturated carbocycles. The maximum atomic E-state index is 12.6. The third kappa shape index (κ3) is 3.85. The zero-order chi connectivity index (χ0) is 21.6. The lowest BCUT2D eigenvalue weighted by atomic mass is 9.89. The van der Waals surface area contributed by atoms with E-state index in [0.717, 1.165) is 41.9 Å². The second-order valence-corrected chi connectivity index (χ2v) is 9.12. The molecule has 2 aliphatic heterocycles. The molecule has 0 radical (unpaired) electrons. The average molecular weight is 417 g/mol. The summed E-state index contributed by atoms with van der Waals surface area (Å²) in [7, 11) is 0. The van der Waals surface area contributed by atoms with E-state index >= 15 is 0 Å². The van der Waals surface area contributed by atoms with Gasteiger partial charge in [0.15, 0.2) is 5.82 Å². The van der Waals surface area contributed by atoms with E-state index < -0.39 is 6.04 Å². The molecule has 8 nitrogen and oxygen atoms in total. The molecule has 1 aliphatic carbocycles. The van der Waals surface area contributed by atoms with E-state index in [4.69, 9.17) is 20.2 Å². The molecule has 1 aromatic rings. The number of nitrogens with zero attached hydrogens (tertiary/aromatic N) is 3. The Bertz CT molecular complexity index is 865. The molecule has 3 aliphatic rings. The first-order chi connectivity index (χ1) is 14.2. The summed E-state index contributed by atoms with van der Waals surface area (Å²) < 4.78 is 11.3. The molecular formula is C22H32N4O4. The van der Waals surface area contributed by atoms with Gasteiger partial charge in [-0.05, 0) is 39.2 Å². The Labute approximate surface area is 177 Å². The molecule has 1 aromatic heterocycles. The molecule has 2 N–H and O–H groups in total. The summed E-state index contributed by atoms with van der Waals surface area (Å²) in [6.45, 7) is 9.57. The highest BCUT2D eigenvalue weighted by Crippen LogP contribution is 2.46. The van der Waals surface area contributed by atoms with Crippen molar-refractivity contribution >= 4 is 23.4 Å². The van der Waals surface area contributed by atoms with Crippen molar-refractivity contribution < 1.29 is 19.1 Å². The number of nitrogen functional groups attached to an aromatic ring is 1. The summed E-state index contributed by atoms with van der Waals surface area (Å²) in [5, 5.41) is 0. The Kier molecular flexibility index (Phi) is 5.38. The summed E-state index contributed by atoms with van der Waals surface area (Å²) in [4.78, 5) is 33.3. The fraction of sp³-hybridized carbons (Fsp3) is 0.682. The van der Waals surface area contributed by atoms with Gasteiger partial charge in [-0.25, -0.2) is 9.78 Å². The van der Waals surface area contributed by atoms with Crippen LogP contribution in [0.25, 0.3) is 0 Å². The first-order valence-corrected chi connectivity index (χ1v) is 10.9. The Morgan fingerprint density at radius 1 is 1.27 bits per heavy atom. The standard InChI is InChI=1S/C22H32N4O4/c1-5-29-21(28)17-11-25(8-9-26(17)13(2)27)20-18(23)15-10-22(3,4)30-12-16(15)19(24-20)14-6-7-14/h14,17H,5-12,23H2,1-4H3/t17-/m0/s1. The molecule has 2 fully saturated rings. The SMILES string of the molecule is CCOC(=O)[C@@H]1CN(c2nc(C3CC3)c3c(c2N)CC(C)(C)OC3)CCN1C(C)=O. The number of esters is 1. The number of nitrogens with two attached hydrogens (primary N) is 1. The normalized spacial score (nSPS) is 23.1. The number of hydrogen-bond acceptors (Lipinski definition) is 7. The number of pyridine rings is 1. The Morgan fingerprint density at radius 3 is 2.63 bits per heavy atom. The van der Waals surface area contributed by atoms with Crippen LogP contribution in [0, 0.1) is 0 Å². The highest BCUT2D eigenvalue weighted by atomic mass is 16.5. The zero-order valence-corrected chi connectivity index (χ0v) is 18.4. The number of piperazine rings is 1. The van der Waals surface area contributed by atoms with E-state index in [2.05, 4.69) is 13.8 Å². The van der Waals surface area contributed by atoms with Crippen LogP contribution in [-0.4, -0.2) is 59.6 Å². The second-order valence-electron chi connectivity index (χ2n) is 9.12. The zero-order valence-electron chi connectivity index (χ0n) is 18.4. The maximum Gasteiger partial charge on any atom is 0.330 e. The van der Waals surface area contributed by atoms with Gasteiger partial charge in [-0.2, -0.15) is 0 Å². The average Bonchev–Trinajstić information content (AvgIpc) is 3.53. The molecule has 4 rings (SSSR count). The van der Waals surface area contributed by atoms with E-state index in [1.807, 2.05) is 4.90 Å². The summed E-state index contributed by atoms with van der Waals surface area (Å²) in [5.74, 6) is 0.677. The highest BCUT2D eigenvalue weighted by Gasteiger charge is 2.39. The lowest BCUT2D eigenvalue weighted by molar-refractivity contribution is -0.154. The van der Waals surface area contributed by atoms with Crippen LogP contribution in [-0.2, 0) is 32.1 Å². The summed E-state index contributed by atoms with van der Waals surface area (Å²) in [6, 6.07) is -0.655. The lowest BCUT2D eigenvalue weighted by Gasteiger charge is -2.41. The van der Waals surface area contributed by atoms with Crippen LogP contribution in [0.4, 0.5) is 11.5 Å². The third-order valence-electron chi connectivity index (χ3n) is 6.28. The van der Waals surface area contributed by atoms with Gasteiger partial charge in [0.2, 0.25) is 5.91 Å². The van der Waals surface area contributed by atoms with Crippen molar-refractivity contribution in [3.05, 3.63) is 16.8 Å². The van der Waals surface area contributed by atoms with Crippen molar-refractivity contribution in [2.75, 3.05) is 36.9 Å². The number of fused-ring (bicyclic) bond motifs is 1. The van der Waals surface area contributed by atoms with Crippen LogP contribution in [0.15, 0.2) is 0 Å². The first-order valence-electron chi connectivity index (χ1n) is 10.9. The smallest absolute Gasteiger partial charge is 0.330 e. The summed E-state index contributed by atoms with van der Waals surface area (Å²) in [6.07, 6.45) is 3.00. The predicted octanol–water partition coefficient (Wildman–Crippen LogP) is 1.99. The van der Waals surface area contributed by atoms with E-state index in [1.165, 1.54) is 6.92 Å². The molecule has 0 aromatic carbocycles. The molecular weight excluding hydrogens is 384 g/mol. The maximum absolute atomic E-state index is 12.6. The van der Waals surface area contributed by atoms with Gasteiger partial charge in [-0.1, -0.05) is 0 Å². The van der Waals surface area contributed by atoms with E-state index in [9.17, 15) is 9.59 Å². The molecule has 1 amide bonds. The van der Waals surface area contributed by atoms with Crippen molar-refractivity contribution in [3.8, 4) is 0 Å². The molecule has 0 unspecified atom stereocenters. The van der Waals surface area contributed by atoms with E-state index in [1.54, 1.807) is 11.8 Å². The second kappa shape index (κ2) is 7.72. The molecule has 164 valence electrons. The van der Waals surface area contributed by atoms with Crippen LogP contribution in [0.2, 0.25) is 0 Å². The number of anilines is 2. The molecule has 8 heteroatoms. The first kappa shape index (κ1) is 20.9. The van der Waals surface area contributed by atoms with Gasteiger partial charge in [0.05, 0.1) is 36.7 Å². The van der Waals surface area contributed by atoms with Crippen molar-refractivity contribution in [3.63, 3.8) is 0 Å². The fourth-order valence-electron chi connectivity index (χ4n) is 4.53. The molecule has 1 saturated heterocycles. The van der Waals surface area contributed by atoms with Crippen LogP contribution < -0.4 is 10.6 Å². The predicted molar refractivity (Wildman–Crippen MR) is 113 cm³/mol. The van der Waals surface area contributed by atoms with Crippen molar-refractivity contribution in [2.24, 2.45) is 0 Å². The fourth-order valence-corrected chi connectivity index (χ4v) is 4.53. The van der Waals surface area contributed by atoms with Gasteiger partial charge < -0.3 is 25.0 Å². The molecule has 1 atom stereocenters. The minimum atomic E-state index is -0.655. The largest absolute Gasteiger partial charge is 0.464 e. The number of amides is 1. The van der Waals surface area contributed by atoms with Gasteiger partial charge >= 0.3 is 5.97 Å². The van der Waals surface area contributed by atoms with Gasteiger partial charge in [0, 0.05) is 37.9 Å². The Hall–Kier alpha value is -2.35. The van der Waals surface area contributed by atoms with E-state index in [0.29, 0.717) is 37.8 Å². The Morgan fingerprint density at radius 2 is 2.00 bits per heavy atom. The Balaban J connectivity index is 1.70. The third-order valence-corrected chi connectivity index (χ3v) is 6.28. The molecule has 30 heavy (non-hydrogen) atoms. The minimum Gasteiger partial charge on any atom is -0.464 e. The van der Waals surface area contributed by atoms with Gasteiger partial charge in [0.25, 0.3) is 0 Å². The van der Waals surface area contributed by atoms with Crippen molar-refractivity contribution in [1.29, 1.82) is 0 Å². The number of hydrogen-bond donors (Lipinski definition) is 1. The monoisotopic (exact) mass is 416 g/mol. The van der Waals surface area contributed by atoms with Crippen LogP contribution >= 0.6 is 0 Å². The summed E-state index contributed by atoms with van der Waals surface area (Å²) in [5.41, 5.74) is 10.4. The van der Waals surface area contributed by atoms with Crippen molar-refractivity contribution in [1.82, 2.24) is 9.88 Å². The minimum absolute atomic E-state index is 0.128. The van der Waals surface area contributed by atoms with E-state index in [-0.39, 0.29) is 24.1 Å². The number of carbonyl (C=O) groups is 2. The molecule has 3 heterocycles. The number of rotatable bonds is 4. The van der Waals surface area contributed by atoms with Crippen LogP contribution in [0.1, 0.15) is 63.3 Å². The van der Waals surface area contributed by atoms with Crippen LogP contribution in [0.5, 0.6) is 0 Å². The highest BCUT2D eigenvalue weighted by molar-refractivity contribution is 5.85. The summed E-state index contributed by atoms with van der Waals surface area (Å²) >= 11 is 0. The van der Waals surface area contributed by atoms with Gasteiger partial charge in [-0.3, -0.25) is 4.79 Å². The topological polar surface area (TPSA) is 98.0 Å². The number of ether oxygens (including phenoxy) is 2.